The summed E-state index contributed by atoms with van der Waals surface area (Å²) < 4.78 is 52.5. The molecule has 1 saturated heterocycles. The number of halogens is 1. The highest BCUT2D eigenvalue weighted by Crippen LogP contribution is 2.38. The lowest BCUT2D eigenvalue weighted by Gasteiger charge is -2.24. The van der Waals surface area contributed by atoms with Gasteiger partial charge in [0.2, 0.25) is 15.8 Å². The fourth-order valence-corrected chi connectivity index (χ4v) is 5.67. The van der Waals surface area contributed by atoms with Gasteiger partial charge < -0.3 is 9.15 Å². The summed E-state index contributed by atoms with van der Waals surface area (Å²) in [6.45, 7) is 3.97. The summed E-state index contributed by atoms with van der Waals surface area (Å²) in [7, 11) is -3.83. The molecule has 0 radical (unpaired) electrons. The maximum absolute atomic E-state index is 13.7. The minimum atomic E-state index is -3.83. The zero-order chi connectivity index (χ0) is 21.5. The zero-order valence-electron chi connectivity index (χ0n) is 16.7. The van der Waals surface area contributed by atoms with E-state index in [0.717, 1.165) is 0 Å². The first-order chi connectivity index (χ1) is 14.3. The number of ether oxygens (including phenoxy) is 1. The van der Waals surface area contributed by atoms with Crippen LogP contribution in [0.25, 0.3) is 11.0 Å². The predicted octanol–water partition coefficient (Wildman–Crippen LogP) is 4.58. The Labute approximate surface area is 174 Å². The molecule has 1 unspecified atom stereocenters. The molecule has 158 valence electrons. The van der Waals surface area contributed by atoms with Crippen LogP contribution >= 0.6 is 0 Å². The molecule has 1 aromatic heterocycles. The van der Waals surface area contributed by atoms with Crippen LogP contribution in [0.2, 0.25) is 0 Å². The third kappa shape index (κ3) is 3.50. The molecule has 2 aromatic carbocycles. The van der Waals surface area contributed by atoms with Crippen LogP contribution in [0.1, 0.15) is 47.5 Å². The van der Waals surface area contributed by atoms with E-state index < -0.39 is 27.9 Å². The third-order valence-corrected chi connectivity index (χ3v) is 7.32. The highest BCUT2D eigenvalue weighted by atomic mass is 32.2. The zero-order valence-corrected chi connectivity index (χ0v) is 17.5. The molecule has 3 aromatic rings. The average Bonchev–Trinajstić information content (AvgIpc) is 3.34. The van der Waals surface area contributed by atoms with E-state index in [1.807, 2.05) is 0 Å². The Morgan fingerprint density at radius 3 is 2.80 bits per heavy atom. The Hall–Kier alpha value is -2.71. The molecule has 30 heavy (non-hydrogen) atoms. The predicted molar refractivity (Wildman–Crippen MR) is 109 cm³/mol. The van der Waals surface area contributed by atoms with Crippen LogP contribution in [-0.2, 0) is 14.8 Å². The molecule has 0 amide bonds. The summed E-state index contributed by atoms with van der Waals surface area (Å²) in [5.74, 6) is -0.903. The SMILES string of the molecule is CCOC(=O)c1oc2ccc(S(=O)(=O)N3CCCC3c3cccc(F)c3)cc2c1C. The molecular weight excluding hydrogens is 409 g/mol. The lowest BCUT2D eigenvalue weighted by molar-refractivity contribution is 0.0491. The first-order valence-corrected chi connectivity index (χ1v) is 11.2. The van der Waals surface area contributed by atoms with E-state index in [9.17, 15) is 17.6 Å². The summed E-state index contributed by atoms with van der Waals surface area (Å²) in [6.07, 6.45) is 1.32. The van der Waals surface area contributed by atoms with Crippen molar-refractivity contribution < 1.29 is 26.8 Å². The number of aryl methyl sites for hydroxylation is 1. The summed E-state index contributed by atoms with van der Waals surface area (Å²) in [6, 6.07) is 10.2. The number of sulfonamides is 1. The monoisotopic (exact) mass is 431 g/mol. The number of nitrogens with zero attached hydrogens (tertiary/aromatic N) is 1. The van der Waals surface area contributed by atoms with E-state index in [1.165, 1.54) is 28.6 Å². The van der Waals surface area contributed by atoms with Crippen LogP contribution in [0.4, 0.5) is 4.39 Å². The molecule has 1 fully saturated rings. The molecule has 1 aliphatic rings. The van der Waals surface area contributed by atoms with Crippen molar-refractivity contribution in [2.24, 2.45) is 0 Å². The lowest BCUT2D eigenvalue weighted by atomic mass is 10.1. The normalized spacial score (nSPS) is 17.5. The van der Waals surface area contributed by atoms with Crippen molar-refractivity contribution in [3.8, 4) is 0 Å². The smallest absolute Gasteiger partial charge is 0.374 e. The van der Waals surface area contributed by atoms with Gasteiger partial charge >= 0.3 is 5.97 Å². The topological polar surface area (TPSA) is 76.8 Å². The van der Waals surface area contributed by atoms with Crippen molar-refractivity contribution in [2.75, 3.05) is 13.2 Å². The third-order valence-electron chi connectivity index (χ3n) is 5.41. The number of furan rings is 1. The van der Waals surface area contributed by atoms with E-state index in [1.54, 1.807) is 32.0 Å². The number of fused-ring (bicyclic) bond motifs is 1. The van der Waals surface area contributed by atoms with Gasteiger partial charge in [-0.15, -0.1) is 0 Å². The van der Waals surface area contributed by atoms with Gasteiger partial charge in [0.15, 0.2) is 0 Å². The second kappa shape index (κ2) is 7.85. The van der Waals surface area contributed by atoms with Gasteiger partial charge in [0.25, 0.3) is 0 Å². The van der Waals surface area contributed by atoms with Gasteiger partial charge in [-0.2, -0.15) is 4.31 Å². The summed E-state index contributed by atoms with van der Waals surface area (Å²) >= 11 is 0. The minimum Gasteiger partial charge on any atom is -0.460 e. The summed E-state index contributed by atoms with van der Waals surface area (Å²) in [5.41, 5.74) is 1.59. The highest BCUT2D eigenvalue weighted by Gasteiger charge is 2.36. The van der Waals surface area contributed by atoms with Gasteiger partial charge in [-0.3, -0.25) is 0 Å². The maximum Gasteiger partial charge on any atom is 0.374 e. The number of rotatable bonds is 5. The van der Waals surface area contributed by atoms with E-state index in [-0.39, 0.29) is 17.3 Å². The second-order valence-corrected chi connectivity index (χ2v) is 9.15. The molecule has 6 nitrogen and oxygen atoms in total. The van der Waals surface area contributed by atoms with Crippen LogP contribution < -0.4 is 0 Å². The van der Waals surface area contributed by atoms with E-state index in [2.05, 4.69) is 0 Å². The first-order valence-electron chi connectivity index (χ1n) is 9.80. The summed E-state index contributed by atoms with van der Waals surface area (Å²) in [5, 5.41) is 0.542. The van der Waals surface area contributed by atoms with Gasteiger partial charge in [0, 0.05) is 17.5 Å². The van der Waals surface area contributed by atoms with E-state index in [0.29, 0.717) is 41.5 Å². The first kappa shape index (κ1) is 20.6. The van der Waals surface area contributed by atoms with Crippen LogP contribution in [0.5, 0.6) is 0 Å². The Kier molecular flexibility index (Phi) is 5.38. The molecule has 0 bridgehead atoms. The molecule has 0 spiro atoms. The molecular formula is C22H22FNO5S. The number of carbonyl (C=O) groups is 1. The molecule has 0 aliphatic carbocycles. The summed E-state index contributed by atoms with van der Waals surface area (Å²) in [4.78, 5) is 12.2. The molecule has 0 N–H and O–H groups in total. The Balaban J connectivity index is 1.73. The van der Waals surface area contributed by atoms with Gasteiger partial charge in [0.1, 0.15) is 11.4 Å². The van der Waals surface area contributed by atoms with Gasteiger partial charge in [0.05, 0.1) is 17.5 Å². The largest absolute Gasteiger partial charge is 0.460 e. The fourth-order valence-electron chi connectivity index (χ4n) is 3.96. The minimum absolute atomic E-state index is 0.0696. The van der Waals surface area contributed by atoms with Crippen LogP contribution in [0.3, 0.4) is 0 Å². The number of carbonyl (C=O) groups excluding carboxylic acids is 1. The van der Waals surface area contributed by atoms with Gasteiger partial charge in [-0.05, 0) is 62.6 Å². The second-order valence-electron chi connectivity index (χ2n) is 7.26. The van der Waals surface area contributed by atoms with Crippen molar-refractivity contribution in [3.05, 3.63) is 65.2 Å². The van der Waals surface area contributed by atoms with E-state index in [4.69, 9.17) is 9.15 Å². The van der Waals surface area contributed by atoms with Crippen molar-refractivity contribution >= 4 is 27.0 Å². The fraction of sp³-hybridized carbons (Fsp3) is 0.318. The number of hydrogen-bond donors (Lipinski definition) is 0. The molecule has 1 atom stereocenters. The Morgan fingerprint density at radius 2 is 2.07 bits per heavy atom. The van der Waals surface area contributed by atoms with Crippen LogP contribution in [-0.4, -0.2) is 31.8 Å². The van der Waals surface area contributed by atoms with E-state index >= 15 is 0 Å². The van der Waals surface area contributed by atoms with Gasteiger partial charge in [-0.1, -0.05) is 12.1 Å². The lowest BCUT2D eigenvalue weighted by Crippen LogP contribution is -2.30. The standard InChI is InChI=1S/C22H22FNO5S/c1-3-28-22(25)21-14(2)18-13-17(9-10-20(18)29-21)30(26,27)24-11-5-8-19(24)15-6-4-7-16(23)12-15/h4,6-7,9-10,12-13,19H,3,5,8,11H2,1-2H3. The number of benzene rings is 2. The molecule has 1 aliphatic heterocycles. The number of hydrogen-bond acceptors (Lipinski definition) is 5. The van der Waals surface area contributed by atoms with Crippen molar-refractivity contribution in [1.82, 2.24) is 4.31 Å². The maximum atomic E-state index is 13.7. The van der Waals surface area contributed by atoms with Crippen molar-refractivity contribution in [1.29, 1.82) is 0 Å². The average molecular weight is 431 g/mol. The van der Waals surface area contributed by atoms with Crippen LogP contribution in [0.15, 0.2) is 51.8 Å². The van der Waals surface area contributed by atoms with Gasteiger partial charge in [-0.25, -0.2) is 17.6 Å². The molecule has 8 heteroatoms. The Morgan fingerprint density at radius 1 is 1.27 bits per heavy atom. The Bertz CT molecular complexity index is 1220. The molecule has 4 rings (SSSR count). The quantitative estimate of drug-likeness (QED) is 0.553. The molecule has 0 saturated carbocycles. The number of esters is 1. The van der Waals surface area contributed by atoms with Crippen molar-refractivity contribution in [3.63, 3.8) is 0 Å². The molecule has 2 heterocycles. The van der Waals surface area contributed by atoms with Crippen LogP contribution in [0, 0.1) is 12.7 Å². The van der Waals surface area contributed by atoms with Crippen molar-refractivity contribution in [2.45, 2.75) is 37.6 Å². The highest BCUT2D eigenvalue weighted by molar-refractivity contribution is 7.89.